The fraction of sp³-hybridized carbons (Fsp3) is 0.200. The molecule has 0 aromatic heterocycles. The summed E-state index contributed by atoms with van der Waals surface area (Å²) in [5.41, 5.74) is 7.19. The zero-order valence-electron chi connectivity index (χ0n) is 14.4. The van der Waals surface area contributed by atoms with Gasteiger partial charge in [0.15, 0.2) is 0 Å². The van der Waals surface area contributed by atoms with Crippen molar-refractivity contribution in [1.29, 1.82) is 0 Å². The Balaban J connectivity index is -0.000000253. The maximum Gasteiger partial charge on any atom is 0.0195 e. The Kier molecular flexibility index (Phi) is 25.4. The van der Waals surface area contributed by atoms with Crippen LogP contribution in [-0.4, -0.2) is 12.4 Å². The van der Waals surface area contributed by atoms with E-state index >= 15 is 0 Å². The monoisotopic (exact) mass is 334 g/mol. The fourth-order valence-electron chi connectivity index (χ4n) is 1.18. The summed E-state index contributed by atoms with van der Waals surface area (Å²) in [6.07, 6.45) is 3.67. The molecular weight excluding hydrogens is 304 g/mol. The van der Waals surface area contributed by atoms with Gasteiger partial charge in [-0.25, -0.2) is 0 Å². The van der Waals surface area contributed by atoms with Gasteiger partial charge in [0.1, 0.15) is 0 Å². The Bertz CT molecular complexity index is 410. The van der Waals surface area contributed by atoms with E-state index < -0.39 is 0 Å². The lowest BCUT2D eigenvalue weighted by molar-refractivity contribution is 1.14. The molecule has 3 heteroatoms. The predicted octanol–water partition coefficient (Wildman–Crippen LogP) is 6.03. The second-order valence-corrected chi connectivity index (χ2v) is 4.44. The van der Waals surface area contributed by atoms with Crippen LogP contribution in [0, 0.1) is 0 Å². The molecule has 0 fully saturated rings. The van der Waals surface area contributed by atoms with Crippen molar-refractivity contribution in [2.75, 3.05) is 12.4 Å². The van der Waals surface area contributed by atoms with Crippen LogP contribution in [0.25, 0.3) is 12.2 Å². The lowest BCUT2D eigenvalue weighted by atomic mass is 10.2. The summed E-state index contributed by atoms with van der Waals surface area (Å²) in [4.78, 5) is 0. The third-order valence-electron chi connectivity index (χ3n) is 2.07. The van der Waals surface area contributed by atoms with Crippen LogP contribution in [0.15, 0.2) is 73.8 Å². The van der Waals surface area contributed by atoms with E-state index in [-0.39, 0.29) is 6.15 Å². The summed E-state index contributed by atoms with van der Waals surface area (Å²) in [5, 5.41) is 0. The number of halogens is 1. The average Bonchev–Trinajstić information content (AvgIpc) is 2.58. The normalized spacial score (nSPS) is 7.48. The third kappa shape index (κ3) is 20.1. The van der Waals surface area contributed by atoms with Crippen LogP contribution in [0.5, 0.6) is 0 Å². The summed E-state index contributed by atoms with van der Waals surface area (Å²) >= 11 is 5.00. The van der Waals surface area contributed by atoms with Crippen molar-refractivity contribution in [3.05, 3.63) is 84.9 Å². The molecule has 0 aliphatic heterocycles. The Morgan fingerprint density at radius 2 is 1.04 bits per heavy atom. The van der Waals surface area contributed by atoms with Crippen molar-refractivity contribution in [3.63, 3.8) is 0 Å². The standard InChI is InChI=1S/2C8H8.C2H5Cl.C2H7N.H3N/c2*1-2-8-6-4-3-5-7-8;2*1-2-3;/h2*2-7H,1H2;2H2,1H3;2-3H2,1H3;1H3. The molecular formula is C20H31ClN2. The summed E-state index contributed by atoms with van der Waals surface area (Å²) in [7, 11) is 0. The third-order valence-corrected chi connectivity index (χ3v) is 2.07. The molecule has 2 aromatic carbocycles. The van der Waals surface area contributed by atoms with Crippen LogP contribution in [-0.2, 0) is 0 Å². The SMILES string of the molecule is C=Cc1ccccc1.C=Cc1ccccc1.CCCl.CCN.N. The summed E-state index contributed by atoms with van der Waals surface area (Å²) in [6, 6.07) is 20.1. The van der Waals surface area contributed by atoms with Crippen molar-refractivity contribution in [3.8, 4) is 0 Å². The van der Waals surface area contributed by atoms with Gasteiger partial charge in [-0.2, -0.15) is 0 Å². The van der Waals surface area contributed by atoms with E-state index in [1.54, 1.807) is 0 Å². The predicted molar refractivity (Wildman–Crippen MR) is 109 cm³/mol. The Morgan fingerprint density at radius 3 is 1.17 bits per heavy atom. The molecule has 0 unspecified atom stereocenters. The first-order valence-corrected chi connectivity index (χ1v) is 7.84. The minimum Gasteiger partial charge on any atom is -0.344 e. The lowest BCUT2D eigenvalue weighted by Crippen LogP contribution is -1.87. The van der Waals surface area contributed by atoms with Gasteiger partial charge < -0.3 is 11.9 Å². The number of nitrogens with two attached hydrogens (primary N) is 1. The maximum absolute atomic E-state index is 5.00. The second-order valence-electron chi connectivity index (χ2n) is 3.91. The van der Waals surface area contributed by atoms with Crippen LogP contribution in [0.4, 0.5) is 0 Å². The van der Waals surface area contributed by atoms with Crippen LogP contribution in [0.3, 0.4) is 0 Å². The van der Waals surface area contributed by atoms with Crippen molar-refractivity contribution in [2.24, 2.45) is 5.73 Å². The molecule has 0 atom stereocenters. The highest BCUT2D eigenvalue weighted by Gasteiger charge is 1.76. The molecule has 0 saturated carbocycles. The molecule has 0 aliphatic rings. The maximum atomic E-state index is 5.00. The van der Waals surface area contributed by atoms with Crippen LogP contribution < -0.4 is 11.9 Å². The molecule has 23 heavy (non-hydrogen) atoms. The van der Waals surface area contributed by atoms with Gasteiger partial charge in [0.25, 0.3) is 0 Å². The molecule has 0 saturated heterocycles. The Morgan fingerprint density at radius 1 is 0.826 bits per heavy atom. The first kappa shape index (κ1) is 26.0. The van der Waals surface area contributed by atoms with Crippen LogP contribution >= 0.6 is 11.6 Å². The molecule has 2 rings (SSSR count). The van der Waals surface area contributed by atoms with E-state index in [1.807, 2.05) is 86.7 Å². The molecule has 5 N–H and O–H groups in total. The molecule has 2 nitrogen and oxygen atoms in total. The average molecular weight is 335 g/mol. The summed E-state index contributed by atoms with van der Waals surface area (Å²) in [5.74, 6) is 0.722. The van der Waals surface area contributed by atoms with Crippen molar-refractivity contribution >= 4 is 23.8 Å². The zero-order valence-corrected chi connectivity index (χ0v) is 15.2. The highest BCUT2D eigenvalue weighted by Crippen LogP contribution is 1.98. The van der Waals surface area contributed by atoms with Crippen LogP contribution in [0.2, 0.25) is 0 Å². The number of alkyl halides is 1. The van der Waals surface area contributed by atoms with Gasteiger partial charge >= 0.3 is 0 Å². The largest absolute Gasteiger partial charge is 0.344 e. The lowest BCUT2D eigenvalue weighted by Gasteiger charge is -1.85. The molecule has 128 valence electrons. The van der Waals surface area contributed by atoms with E-state index in [0.717, 1.165) is 12.4 Å². The van der Waals surface area contributed by atoms with Crippen LogP contribution in [0.1, 0.15) is 25.0 Å². The van der Waals surface area contributed by atoms with Crippen molar-refractivity contribution < 1.29 is 0 Å². The Hall–Kier alpha value is -1.87. The van der Waals surface area contributed by atoms with Crippen molar-refractivity contribution in [2.45, 2.75) is 13.8 Å². The smallest absolute Gasteiger partial charge is 0.0195 e. The summed E-state index contributed by atoms with van der Waals surface area (Å²) in [6.45, 7) is 11.8. The number of hydrogen-bond donors (Lipinski definition) is 2. The minimum atomic E-state index is 0. The van der Waals surface area contributed by atoms with E-state index in [2.05, 4.69) is 13.2 Å². The van der Waals surface area contributed by atoms with Gasteiger partial charge in [0.2, 0.25) is 0 Å². The zero-order chi connectivity index (χ0) is 17.1. The number of hydrogen-bond acceptors (Lipinski definition) is 2. The number of rotatable bonds is 2. The van der Waals surface area contributed by atoms with Gasteiger partial charge in [-0.15, -0.1) is 11.6 Å². The first-order valence-electron chi connectivity index (χ1n) is 7.30. The van der Waals surface area contributed by atoms with E-state index in [4.69, 9.17) is 17.3 Å². The number of benzene rings is 2. The molecule has 2 aromatic rings. The van der Waals surface area contributed by atoms with E-state index in [1.165, 1.54) is 11.1 Å². The summed E-state index contributed by atoms with van der Waals surface area (Å²) < 4.78 is 0. The fourth-order valence-corrected chi connectivity index (χ4v) is 1.18. The highest BCUT2D eigenvalue weighted by atomic mass is 35.5. The minimum absolute atomic E-state index is 0. The molecule has 0 radical (unpaired) electrons. The molecule has 0 bridgehead atoms. The van der Waals surface area contributed by atoms with Gasteiger partial charge in [-0.1, -0.05) is 99.8 Å². The van der Waals surface area contributed by atoms with Gasteiger partial charge in [0.05, 0.1) is 0 Å². The van der Waals surface area contributed by atoms with Gasteiger partial charge in [0, 0.05) is 5.88 Å². The quantitative estimate of drug-likeness (QED) is 0.658. The molecule has 0 heterocycles. The first-order chi connectivity index (χ1) is 10.7. The highest BCUT2D eigenvalue weighted by molar-refractivity contribution is 6.17. The topological polar surface area (TPSA) is 61.0 Å². The van der Waals surface area contributed by atoms with Crippen molar-refractivity contribution in [1.82, 2.24) is 6.15 Å². The Labute approximate surface area is 147 Å². The second kappa shape index (κ2) is 22.4. The van der Waals surface area contributed by atoms with Gasteiger partial charge in [-0.3, -0.25) is 0 Å². The molecule has 0 spiro atoms. The van der Waals surface area contributed by atoms with Gasteiger partial charge in [-0.05, 0) is 17.7 Å². The molecule has 0 aliphatic carbocycles. The van der Waals surface area contributed by atoms with E-state index in [0.29, 0.717) is 0 Å². The molecule has 0 amide bonds. The van der Waals surface area contributed by atoms with E-state index in [9.17, 15) is 0 Å².